The Morgan fingerprint density at radius 2 is 1.95 bits per heavy atom. The van der Waals surface area contributed by atoms with Crippen molar-refractivity contribution in [3.63, 3.8) is 0 Å². The Hall–Kier alpha value is -1.32. The molecule has 3 rings (SSSR count). The van der Waals surface area contributed by atoms with E-state index in [1.54, 1.807) is 6.20 Å². The highest BCUT2D eigenvalue weighted by molar-refractivity contribution is 6.30. The van der Waals surface area contributed by atoms with Gasteiger partial charge in [-0.15, -0.1) is 0 Å². The second-order valence-corrected chi connectivity index (χ2v) is 6.07. The average molecular weight is 290 g/mol. The van der Waals surface area contributed by atoms with Gasteiger partial charge in [0.05, 0.1) is 6.54 Å². The molecule has 4 heteroatoms. The van der Waals surface area contributed by atoms with E-state index in [0.717, 1.165) is 23.9 Å². The third kappa shape index (κ3) is 2.89. The van der Waals surface area contributed by atoms with Crippen molar-refractivity contribution in [1.82, 2.24) is 15.3 Å². The van der Waals surface area contributed by atoms with Crippen LogP contribution in [0.5, 0.6) is 0 Å². The fourth-order valence-electron chi connectivity index (χ4n) is 3.24. The highest BCUT2D eigenvalue weighted by Gasteiger charge is 2.35. The van der Waals surface area contributed by atoms with Crippen molar-refractivity contribution in [3.8, 4) is 0 Å². The van der Waals surface area contributed by atoms with E-state index in [2.05, 4.69) is 27.4 Å². The van der Waals surface area contributed by atoms with Crippen molar-refractivity contribution < 1.29 is 0 Å². The molecule has 0 amide bonds. The molecule has 0 saturated heterocycles. The van der Waals surface area contributed by atoms with Crippen molar-refractivity contribution in [2.45, 2.75) is 37.6 Å². The number of H-pyrrole nitrogens is 1. The zero-order valence-electron chi connectivity index (χ0n) is 11.5. The minimum absolute atomic E-state index is 0.261. The van der Waals surface area contributed by atoms with Gasteiger partial charge in [0.25, 0.3) is 0 Å². The van der Waals surface area contributed by atoms with Gasteiger partial charge in [0.1, 0.15) is 5.82 Å². The van der Waals surface area contributed by atoms with Gasteiger partial charge in [-0.25, -0.2) is 4.98 Å². The molecule has 0 unspecified atom stereocenters. The molecule has 106 valence electrons. The predicted molar refractivity (Wildman–Crippen MR) is 81.9 cm³/mol. The summed E-state index contributed by atoms with van der Waals surface area (Å²) >= 11 is 6.01. The summed E-state index contributed by atoms with van der Waals surface area (Å²) < 4.78 is 0. The Balaban J connectivity index is 1.69. The van der Waals surface area contributed by atoms with E-state index in [1.165, 1.54) is 31.2 Å². The number of nitrogens with zero attached hydrogens (tertiary/aromatic N) is 1. The molecule has 1 aromatic heterocycles. The minimum Gasteiger partial charge on any atom is -0.348 e. The Bertz CT molecular complexity index is 527. The molecule has 0 atom stereocenters. The van der Waals surface area contributed by atoms with Crippen LogP contribution in [0.2, 0.25) is 5.02 Å². The summed E-state index contributed by atoms with van der Waals surface area (Å²) in [4.78, 5) is 7.38. The largest absolute Gasteiger partial charge is 0.348 e. The maximum atomic E-state index is 6.01. The summed E-state index contributed by atoms with van der Waals surface area (Å²) in [6.45, 7) is 1.79. The van der Waals surface area contributed by atoms with Crippen LogP contribution in [0.4, 0.5) is 0 Å². The molecule has 0 spiro atoms. The highest BCUT2D eigenvalue weighted by Crippen LogP contribution is 2.40. The van der Waals surface area contributed by atoms with Gasteiger partial charge >= 0.3 is 0 Å². The van der Waals surface area contributed by atoms with Crippen molar-refractivity contribution in [3.05, 3.63) is 53.1 Å². The van der Waals surface area contributed by atoms with Gasteiger partial charge in [-0.2, -0.15) is 0 Å². The summed E-state index contributed by atoms with van der Waals surface area (Å²) in [5.41, 5.74) is 1.67. The molecule has 1 saturated carbocycles. The standard InChI is InChI=1S/C16H20ClN3/c17-14-5-3-13(4-6-14)16(7-1-2-8-16)12-18-11-15-19-9-10-20-15/h3-6,9-10,18H,1-2,7-8,11-12H2,(H,19,20). The Morgan fingerprint density at radius 3 is 2.60 bits per heavy atom. The monoisotopic (exact) mass is 289 g/mol. The number of nitrogens with one attached hydrogen (secondary N) is 2. The first-order chi connectivity index (χ1) is 9.78. The van der Waals surface area contributed by atoms with E-state index >= 15 is 0 Å². The van der Waals surface area contributed by atoms with Crippen LogP contribution in [0.25, 0.3) is 0 Å². The number of rotatable bonds is 5. The molecule has 1 aliphatic carbocycles. The second-order valence-electron chi connectivity index (χ2n) is 5.63. The van der Waals surface area contributed by atoms with Gasteiger partial charge in [0.15, 0.2) is 0 Å². The maximum Gasteiger partial charge on any atom is 0.120 e. The molecule has 1 fully saturated rings. The molecule has 2 N–H and O–H groups in total. The van der Waals surface area contributed by atoms with E-state index in [9.17, 15) is 0 Å². The van der Waals surface area contributed by atoms with Gasteiger partial charge in [-0.3, -0.25) is 0 Å². The third-order valence-corrected chi connectivity index (χ3v) is 4.58. The van der Waals surface area contributed by atoms with Crippen LogP contribution in [-0.2, 0) is 12.0 Å². The average Bonchev–Trinajstić information content (AvgIpc) is 3.12. The highest BCUT2D eigenvalue weighted by atomic mass is 35.5. The quantitative estimate of drug-likeness (QED) is 0.882. The van der Waals surface area contributed by atoms with Crippen LogP contribution in [-0.4, -0.2) is 16.5 Å². The summed E-state index contributed by atoms with van der Waals surface area (Å²) in [5, 5.41) is 4.37. The summed E-state index contributed by atoms with van der Waals surface area (Å²) in [5.74, 6) is 0.995. The molecular formula is C16H20ClN3. The van der Waals surface area contributed by atoms with E-state index in [-0.39, 0.29) is 5.41 Å². The molecule has 2 aromatic rings. The van der Waals surface area contributed by atoms with Crippen molar-refractivity contribution in [1.29, 1.82) is 0 Å². The molecule has 0 aliphatic heterocycles. The second kappa shape index (κ2) is 5.98. The van der Waals surface area contributed by atoms with Crippen molar-refractivity contribution in [2.24, 2.45) is 0 Å². The van der Waals surface area contributed by atoms with Crippen LogP contribution in [0.1, 0.15) is 37.1 Å². The topological polar surface area (TPSA) is 40.7 Å². The number of aromatic amines is 1. The van der Waals surface area contributed by atoms with Gasteiger partial charge in [0, 0.05) is 29.4 Å². The minimum atomic E-state index is 0.261. The summed E-state index contributed by atoms with van der Waals surface area (Å²) in [7, 11) is 0. The van der Waals surface area contributed by atoms with Gasteiger partial charge in [-0.05, 0) is 30.5 Å². The van der Waals surface area contributed by atoms with E-state index in [4.69, 9.17) is 11.6 Å². The number of halogens is 1. The SMILES string of the molecule is Clc1ccc(C2(CNCc3ncc[nH]3)CCCC2)cc1. The normalized spacial score (nSPS) is 17.4. The molecular weight excluding hydrogens is 270 g/mol. The number of benzene rings is 1. The van der Waals surface area contributed by atoms with E-state index in [0.29, 0.717) is 0 Å². The first-order valence-electron chi connectivity index (χ1n) is 7.24. The first-order valence-corrected chi connectivity index (χ1v) is 7.61. The molecule has 1 aliphatic rings. The Morgan fingerprint density at radius 1 is 1.20 bits per heavy atom. The number of hydrogen-bond acceptors (Lipinski definition) is 2. The van der Waals surface area contributed by atoms with Crippen LogP contribution >= 0.6 is 11.6 Å². The summed E-state index contributed by atoms with van der Waals surface area (Å²) in [6, 6.07) is 8.37. The fourth-order valence-corrected chi connectivity index (χ4v) is 3.36. The lowest BCUT2D eigenvalue weighted by Crippen LogP contribution is -2.35. The fraction of sp³-hybridized carbons (Fsp3) is 0.438. The lowest BCUT2D eigenvalue weighted by molar-refractivity contribution is 0.402. The lowest BCUT2D eigenvalue weighted by Gasteiger charge is -2.30. The van der Waals surface area contributed by atoms with Crippen molar-refractivity contribution in [2.75, 3.05) is 6.54 Å². The zero-order chi connectivity index (χ0) is 13.8. The van der Waals surface area contributed by atoms with E-state index in [1.807, 2.05) is 18.3 Å². The first kappa shape index (κ1) is 13.7. The van der Waals surface area contributed by atoms with E-state index < -0.39 is 0 Å². The number of hydrogen-bond donors (Lipinski definition) is 2. The van der Waals surface area contributed by atoms with Crippen LogP contribution in [0, 0.1) is 0 Å². The van der Waals surface area contributed by atoms with Gasteiger partial charge in [0.2, 0.25) is 0 Å². The molecule has 20 heavy (non-hydrogen) atoms. The number of aromatic nitrogens is 2. The maximum absolute atomic E-state index is 6.01. The molecule has 0 bridgehead atoms. The van der Waals surface area contributed by atoms with Gasteiger partial charge < -0.3 is 10.3 Å². The Kier molecular flexibility index (Phi) is 4.08. The summed E-state index contributed by atoms with van der Waals surface area (Å²) in [6.07, 6.45) is 8.78. The van der Waals surface area contributed by atoms with Crippen LogP contribution in [0.15, 0.2) is 36.7 Å². The van der Waals surface area contributed by atoms with Crippen molar-refractivity contribution >= 4 is 11.6 Å². The number of imidazole rings is 1. The lowest BCUT2D eigenvalue weighted by atomic mass is 9.79. The van der Waals surface area contributed by atoms with Crippen LogP contribution in [0.3, 0.4) is 0 Å². The zero-order valence-corrected chi connectivity index (χ0v) is 12.3. The molecule has 3 nitrogen and oxygen atoms in total. The predicted octanol–water partition coefficient (Wildman–Crippen LogP) is 3.66. The Labute approximate surface area is 124 Å². The van der Waals surface area contributed by atoms with Crippen LogP contribution < -0.4 is 5.32 Å². The molecule has 1 heterocycles. The smallest absolute Gasteiger partial charge is 0.120 e. The third-order valence-electron chi connectivity index (χ3n) is 4.33. The molecule has 0 radical (unpaired) electrons. The van der Waals surface area contributed by atoms with Gasteiger partial charge in [-0.1, -0.05) is 36.6 Å². The molecule has 1 aromatic carbocycles.